The lowest BCUT2D eigenvalue weighted by atomic mass is 9.93. The minimum atomic E-state index is -4.55. The average molecular weight is 469 g/mol. The Balaban J connectivity index is -0.000000165. The van der Waals surface area contributed by atoms with Crippen molar-refractivity contribution in [2.45, 2.75) is 53.9 Å². The highest BCUT2D eigenvalue weighted by Gasteiger charge is 2.24. The first-order chi connectivity index (χ1) is 14.6. The molecule has 0 amide bonds. The molecule has 0 rings (SSSR count). The van der Waals surface area contributed by atoms with Gasteiger partial charge in [-0.25, -0.2) is 0 Å². The zero-order valence-electron chi connectivity index (χ0n) is 22.5. The zero-order chi connectivity index (χ0) is 26.3. The van der Waals surface area contributed by atoms with Crippen LogP contribution in [-0.4, -0.2) is 90.3 Å². The van der Waals surface area contributed by atoms with Gasteiger partial charge in [-0.15, -0.1) is 6.42 Å². The molecule has 192 valence electrons. The van der Waals surface area contributed by atoms with Crippen molar-refractivity contribution in [1.82, 2.24) is 0 Å². The number of nitrogens with zero attached hydrogens (tertiary/aromatic N) is 5. The standard InChI is InChI=1S/C7H14N.C7H16.C6H15N4.C2H6BF3N/c1-5-7-8(3,4)6-2;1-4-7(5-2)6-3;1-4-10(2,3)6-5-8-9-7;1-7-2-3(4,5)6/h1H,6-7H2,2-4H3;7H,4-6H2,1-3H3;4-6H2,1-3H3;7H,2H2,1H3/q+1;;+1;-1/p+1. The summed E-state index contributed by atoms with van der Waals surface area (Å²) in [5.41, 5.74) is 7.99. The van der Waals surface area contributed by atoms with Crippen molar-refractivity contribution in [3.8, 4) is 12.3 Å². The van der Waals surface area contributed by atoms with E-state index in [-0.39, 0.29) is 0 Å². The zero-order valence-corrected chi connectivity index (χ0v) is 22.5. The third kappa shape index (κ3) is 36.0. The predicted molar refractivity (Wildman–Crippen MR) is 134 cm³/mol. The van der Waals surface area contributed by atoms with Crippen LogP contribution in [-0.2, 0) is 0 Å². The molecule has 6 nitrogen and oxygen atoms in total. The summed E-state index contributed by atoms with van der Waals surface area (Å²) in [6.45, 7) is 11.0. The Morgan fingerprint density at radius 2 is 1.41 bits per heavy atom. The molecule has 0 saturated heterocycles. The summed E-state index contributed by atoms with van der Waals surface area (Å²) in [6.07, 6.45) is 8.46. The van der Waals surface area contributed by atoms with Gasteiger partial charge in [0.1, 0.15) is 6.54 Å². The summed E-state index contributed by atoms with van der Waals surface area (Å²) in [6, 6.07) is 0. The number of terminal acetylenes is 1. The fourth-order valence-electron chi connectivity index (χ4n) is 2.01. The molecule has 0 aromatic rings. The number of azide groups is 1. The van der Waals surface area contributed by atoms with E-state index >= 15 is 0 Å². The second-order valence-electron chi connectivity index (χ2n) is 8.99. The highest BCUT2D eigenvalue weighted by Crippen LogP contribution is 2.10. The van der Waals surface area contributed by atoms with E-state index in [1.54, 1.807) is 0 Å². The fraction of sp³-hybridized carbons (Fsp3) is 0.909. The van der Waals surface area contributed by atoms with Gasteiger partial charge in [0.2, 0.25) is 0 Å². The summed E-state index contributed by atoms with van der Waals surface area (Å²) >= 11 is 0. The van der Waals surface area contributed by atoms with Crippen LogP contribution < -0.4 is 5.32 Å². The first kappa shape index (κ1) is 37.9. The van der Waals surface area contributed by atoms with E-state index in [1.165, 1.54) is 26.3 Å². The fourth-order valence-corrected chi connectivity index (χ4v) is 2.01. The predicted octanol–water partition coefficient (Wildman–Crippen LogP) is 4.51. The molecule has 0 atom stereocenters. The van der Waals surface area contributed by atoms with E-state index in [9.17, 15) is 12.9 Å². The SMILES string of the molecule is C#CC[N+](C)(C)CC.CCC(CC)CC.CC[N+](C)(C)CCN=[N+]=[N-].C[NH2+]C[B-](F)(F)F. The summed E-state index contributed by atoms with van der Waals surface area (Å²) in [5, 5.41) is 4.58. The number of halogens is 3. The van der Waals surface area contributed by atoms with Crippen LogP contribution in [0.3, 0.4) is 0 Å². The normalized spacial score (nSPS) is 10.9. The van der Waals surface area contributed by atoms with Crippen molar-refractivity contribution in [2.24, 2.45) is 11.0 Å². The van der Waals surface area contributed by atoms with Gasteiger partial charge in [-0.05, 0) is 31.2 Å². The Hall–Kier alpha value is -1.40. The van der Waals surface area contributed by atoms with Crippen LogP contribution >= 0.6 is 0 Å². The summed E-state index contributed by atoms with van der Waals surface area (Å²) in [7, 11) is 9.88. The molecule has 0 aromatic heterocycles. The maximum Gasteiger partial charge on any atom is 0.531 e. The Labute approximate surface area is 196 Å². The van der Waals surface area contributed by atoms with Gasteiger partial charge in [-0.3, -0.25) is 0 Å². The molecule has 0 fully saturated rings. The molecule has 0 radical (unpaired) electrons. The molecule has 0 aliphatic carbocycles. The Morgan fingerprint density at radius 3 is 1.56 bits per heavy atom. The highest BCUT2D eigenvalue weighted by molar-refractivity contribution is 6.58. The van der Waals surface area contributed by atoms with Crippen molar-refractivity contribution >= 4 is 6.98 Å². The molecular weight excluding hydrogens is 416 g/mol. The van der Waals surface area contributed by atoms with Crippen molar-refractivity contribution in [2.75, 3.05) is 74.4 Å². The molecule has 0 aliphatic heterocycles. The van der Waals surface area contributed by atoms with Crippen LogP contribution in [0.15, 0.2) is 5.11 Å². The smallest absolute Gasteiger partial charge is 0.445 e. The number of hydrogen-bond acceptors (Lipinski definition) is 1. The van der Waals surface area contributed by atoms with Crippen molar-refractivity contribution in [3.63, 3.8) is 0 Å². The first-order valence-corrected chi connectivity index (χ1v) is 11.7. The lowest BCUT2D eigenvalue weighted by Gasteiger charge is -2.27. The summed E-state index contributed by atoms with van der Waals surface area (Å²) in [4.78, 5) is 2.69. The van der Waals surface area contributed by atoms with Crippen molar-refractivity contribution in [1.29, 1.82) is 0 Å². The number of nitrogens with two attached hydrogens (primary N) is 1. The number of likely N-dealkylation sites (N-methyl/N-ethyl adjacent to an activating group) is 1. The molecule has 0 aliphatic rings. The van der Waals surface area contributed by atoms with Gasteiger partial charge in [-0.1, -0.05) is 45.1 Å². The van der Waals surface area contributed by atoms with Crippen LogP contribution in [0.1, 0.15) is 53.9 Å². The first-order valence-electron chi connectivity index (χ1n) is 11.7. The summed E-state index contributed by atoms with van der Waals surface area (Å²) in [5.74, 6) is 3.62. The quantitative estimate of drug-likeness (QED) is 0.116. The third-order valence-electron chi connectivity index (χ3n) is 5.34. The second kappa shape index (κ2) is 22.8. The van der Waals surface area contributed by atoms with E-state index in [1.807, 2.05) is 0 Å². The lowest BCUT2D eigenvalue weighted by Crippen LogP contribution is -2.83. The molecule has 32 heavy (non-hydrogen) atoms. The maximum atomic E-state index is 11.1. The van der Waals surface area contributed by atoms with E-state index in [4.69, 9.17) is 12.0 Å². The maximum absolute atomic E-state index is 11.1. The van der Waals surface area contributed by atoms with Gasteiger partial charge in [0.15, 0.2) is 0 Å². The van der Waals surface area contributed by atoms with Crippen LogP contribution in [0.5, 0.6) is 0 Å². The van der Waals surface area contributed by atoms with Gasteiger partial charge in [0.25, 0.3) is 0 Å². The molecule has 0 bridgehead atoms. The second-order valence-corrected chi connectivity index (χ2v) is 8.99. The van der Waals surface area contributed by atoms with Gasteiger partial charge >= 0.3 is 6.98 Å². The van der Waals surface area contributed by atoms with Crippen molar-refractivity contribution in [3.05, 3.63) is 10.4 Å². The van der Waals surface area contributed by atoms with Gasteiger partial charge in [0.05, 0.1) is 61.4 Å². The highest BCUT2D eigenvalue weighted by atomic mass is 19.4. The molecule has 0 saturated carbocycles. The number of rotatable bonds is 11. The topological polar surface area (TPSA) is 65.4 Å². The lowest BCUT2D eigenvalue weighted by molar-refractivity contribution is -0.887. The average Bonchev–Trinajstić information content (AvgIpc) is 2.70. The molecular formula is C22H52BF3N6+2. The minimum absolute atomic E-state index is 0.595. The Kier molecular flexibility index (Phi) is 27.0. The largest absolute Gasteiger partial charge is 0.531 e. The van der Waals surface area contributed by atoms with E-state index in [0.29, 0.717) is 6.54 Å². The van der Waals surface area contributed by atoms with Gasteiger partial charge in [-0.2, -0.15) is 0 Å². The molecule has 0 heterocycles. The van der Waals surface area contributed by atoms with Crippen LogP contribution in [0.4, 0.5) is 12.9 Å². The molecule has 0 spiro atoms. The van der Waals surface area contributed by atoms with E-state index < -0.39 is 13.4 Å². The summed E-state index contributed by atoms with van der Waals surface area (Å²) < 4.78 is 35.1. The Morgan fingerprint density at radius 1 is 0.969 bits per heavy atom. The molecule has 2 N–H and O–H groups in total. The van der Waals surface area contributed by atoms with Crippen LogP contribution in [0.2, 0.25) is 0 Å². The molecule has 0 unspecified atom stereocenters. The number of hydrogen-bond donors (Lipinski definition) is 1. The number of quaternary nitrogens is 3. The van der Waals surface area contributed by atoms with E-state index in [0.717, 1.165) is 46.4 Å². The monoisotopic (exact) mass is 468 g/mol. The van der Waals surface area contributed by atoms with Crippen LogP contribution in [0, 0.1) is 18.3 Å². The molecule has 10 heteroatoms. The Bertz CT molecular complexity index is 489. The van der Waals surface area contributed by atoms with Gasteiger partial charge in [0, 0.05) is 11.4 Å². The molecule has 0 aromatic carbocycles. The van der Waals surface area contributed by atoms with Crippen LogP contribution in [0.25, 0.3) is 10.4 Å². The van der Waals surface area contributed by atoms with Crippen molar-refractivity contribution < 1.29 is 27.2 Å². The van der Waals surface area contributed by atoms with E-state index in [2.05, 4.69) is 78.8 Å². The van der Waals surface area contributed by atoms with Gasteiger partial charge < -0.3 is 27.2 Å². The third-order valence-corrected chi connectivity index (χ3v) is 5.34. The minimum Gasteiger partial charge on any atom is -0.445 e.